The normalized spacial score (nSPS) is 17.9. The maximum atomic E-state index is 11.1. The summed E-state index contributed by atoms with van der Waals surface area (Å²) in [5.74, 6) is -0.460. The molecule has 0 N–H and O–H groups in total. The molecule has 0 aliphatic heterocycles. The highest BCUT2D eigenvalue weighted by Gasteiger charge is 2.14. The van der Waals surface area contributed by atoms with Crippen molar-refractivity contribution in [2.45, 2.75) is 91.2 Å². The minimum absolute atomic E-state index is 0.00699. The van der Waals surface area contributed by atoms with Crippen LogP contribution >= 0.6 is 0 Å². The number of methoxy groups -OCH3 is 1. The van der Waals surface area contributed by atoms with Crippen LogP contribution in [0.5, 0.6) is 0 Å². The van der Waals surface area contributed by atoms with Crippen molar-refractivity contribution >= 4 is 5.97 Å². The molecule has 0 radical (unpaired) electrons. The Morgan fingerprint density at radius 2 is 0.824 bits per heavy atom. The quantitative estimate of drug-likeness (QED) is 0.167. The summed E-state index contributed by atoms with van der Waals surface area (Å²) in [7, 11) is 1.67. The second-order valence-corrected chi connectivity index (χ2v) is 8.74. The highest BCUT2D eigenvalue weighted by Crippen LogP contribution is 2.05. The summed E-state index contributed by atoms with van der Waals surface area (Å²) >= 11 is 0. The Hall–Kier alpha value is -1.07. The van der Waals surface area contributed by atoms with E-state index in [1.165, 1.54) is 0 Å². The van der Waals surface area contributed by atoms with Crippen LogP contribution in [0.3, 0.4) is 0 Å². The van der Waals surface area contributed by atoms with Gasteiger partial charge in [0.1, 0.15) is 6.61 Å². The molecule has 0 rings (SSSR count). The van der Waals surface area contributed by atoms with Crippen LogP contribution < -0.4 is 0 Å². The first-order valence-corrected chi connectivity index (χ1v) is 12.1. The molecular formula is C25H48O9. The van der Waals surface area contributed by atoms with Crippen molar-refractivity contribution in [1.82, 2.24) is 0 Å². The number of esters is 1. The summed E-state index contributed by atoms with van der Waals surface area (Å²) in [6.45, 7) is 19.9. The third-order valence-electron chi connectivity index (χ3n) is 4.72. The number of ether oxygens (including phenoxy) is 8. The molecule has 9 nitrogen and oxygen atoms in total. The molecule has 0 amide bonds. The van der Waals surface area contributed by atoms with Gasteiger partial charge in [-0.15, -0.1) is 0 Å². The van der Waals surface area contributed by atoms with Crippen LogP contribution in [0.2, 0.25) is 0 Å². The van der Waals surface area contributed by atoms with Crippen molar-refractivity contribution in [2.24, 2.45) is 0 Å². The number of rotatable bonds is 22. The zero-order valence-corrected chi connectivity index (χ0v) is 22.4. The standard InChI is InChI=1S/C25H48O9/c1-10-25(26)34-17-24(8)33-16-23(7)32-15-22(6)31-14-21(5)30-13-20(4)29-12-19(3)28-11-18(2)27-9/h10,18-24H,1,11-17H2,2-9H3. The SMILES string of the molecule is C=CC(=O)OCC(C)OCC(C)OCC(C)OCC(C)OCC(C)OCC(C)OCC(C)OC. The van der Waals surface area contributed by atoms with Crippen LogP contribution in [0.25, 0.3) is 0 Å². The van der Waals surface area contributed by atoms with E-state index in [0.29, 0.717) is 39.6 Å². The van der Waals surface area contributed by atoms with E-state index >= 15 is 0 Å². The number of carbonyl (C=O) groups excluding carboxylic acids is 1. The second kappa shape index (κ2) is 20.2. The van der Waals surface area contributed by atoms with Crippen LogP contribution in [0.1, 0.15) is 48.5 Å². The fraction of sp³-hybridized carbons (Fsp3) is 0.880. The Balaban J connectivity index is 3.84. The molecule has 0 saturated carbocycles. The van der Waals surface area contributed by atoms with E-state index in [1.54, 1.807) is 7.11 Å². The highest BCUT2D eigenvalue weighted by atomic mass is 16.6. The molecule has 0 aromatic heterocycles. The van der Waals surface area contributed by atoms with Crippen molar-refractivity contribution in [3.63, 3.8) is 0 Å². The van der Waals surface area contributed by atoms with Gasteiger partial charge in [0, 0.05) is 13.2 Å². The summed E-state index contributed by atoms with van der Waals surface area (Å²) in [5, 5.41) is 0. The van der Waals surface area contributed by atoms with Crippen LogP contribution in [0.4, 0.5) is 0 Å². The van der Waals surface area contributed by atoms with Gasteiger partial charge in [-0.2, -0.15) is 0 Å². The lowest BCUT2D eigenvalue weighted by Gasteiger charge is -2.22. The maximum absolute atomic E-state index is 11.1. The molecule has 9 heteroatoms. The molecule has 0 aromatic carbocycles. The van der Waals surface area contributed by atoms with Gasteiger partial charge in [0.15, 0.2) is 0 Å². The predicted octanol–water partition coefficient (Wildman–Crippen LogP) is 3.18. The molecule has 202 valence electrons. The van der Waals surface area contributed by atoms with Gasteiger partial charge in [0.25, 0.3) is 0 Å². The molecule has 7 atom stereocenters. The Bertz CT molecular complexity index is 517. The first-order valence-electron chi connectivity index (χ1n) is 12.1. The van der Waals surface area contributed by atoms with E-state index in [-0.39, 0.29) is 49.3 Å². The zero-order chi connectivity index (χ0) is 25.9. The zero-order valence-electron chi connectivity index (χ0n) is 22.4. The summed E-state index contributed by atoms with van der Waals surface area (Å²) in [4.78, 5) is 11.1. The van der Waals surface area contributed by atoms with Crippen LogP contribution in [0, 0.1) is 0 Å². The molecule has 0 saturated heterocycles. The predicted molar refractivity (Wildman–Crippen MR) is 130 cm³/mol. The molecule has 0 aliphatic rings. The lowest BCUT2D eigenvalue weighted by Crippen LogP contribution is -2.30. The Morgan fingerprint density at radius 3 is 1.09 bits per heavy atom. The van der Waals surface area contributed by atoms with E-state index in [9.17, 15) is 4.79 Å². The molecule has 0 spiro atoms. The first kappa shape index (κ1) is 32.9. The Labute approximate surface area is 206 Å². The topological polar surface area (TPSA) is 90.9 Å². The van der Waals surface area contributed by atoms with Gasteiger partial charge in [-0.3, -0.25) is 0 Å². The average Bonchev–Trinajstić information content (AvgIpc) is 2.83. The third kappa shape index (κ3) is 19.3. The largest absolute Gasteiger partial charge is 0.460 e. The smallest absolute Gasteiger partial charge is 0.330 e. The summed E-state index contributed by atoms with van der Waals surface area (Å²) in [6, 6.07) is 0. The molecule has 0 aromatic rings. The number of hydrogen-bond donors (Lipinski definition) is 0. The van der Waals surface area contributed by atoms with Gasteiger partial charge in [-0.05, 0) is 48.5 Å². The van der Waals surface area contributed by atoms with Crippen molar-refractivity contribution in [2.75, 3.05) is 53.4 Å². The fourth-order valence-electron chi connectivity index (χ4n) is 2.41. The van der Waals surface area contributed by atoms with E-state index in [4.69, 9.17) is 37.9 Å². The van der Waals surface area contributed by atoms with Crippen molar-refractivity contribution in [3.8, 4) is 0 Å². The summed E-state index contributed by atoms with van der Waals surface area (Å²) < 4.78 is 44.6. The first-order chi connectivity index (χ1) is 16.1. The third-order valence-corrected chi connectivity index (χ3v) is 4.72. The lowest BCUT2D eigenvalue weighted by atomic mass is 10.3. The minimum atomic E-state index is -0.460. The molecule has 34 heavy (non-hydrogen) atoms. The minimum Gasteiger partial charge on any atom is -0.460 e. The fourth-order valence-corrected chi connectivity index (χ4v) is 2.41. The Kier molecular flexibility index (Phi) is 19.5. The van der Waals surface area contributed by atoms with Gasteiger partial charge in [0.05, 0.1) is 82.4 Å². The van der Waals surface area contributed by atoms with Crippen LogP contribution in [-0.4, -0.2) is 102 Å². The number of carbonyl (C=O) groups is 1. The second-order valence-electron chi connectivity index (χ2n) is 8.74. The maximum Gasteiger partial charge on any atom is 0.330 e. The molecule has 0 fully saturated rings. The van der Waals surface area contributed by atoms with E-state index in [0.717, 1.165) is 6.08 Å². The van der Waals surface area contributed by atoms with E-state index in [2.05, 4.69) is 6.58 Å². The van der Waals surface area contributed by atoms with Crippen LogP contribution in [-0.2, 0) is 42.7 Å². The monoisotopic (exact) mass is 492 g/mol. The lowest BCUT2D eigenvalue weighted by molar-refractivity contribution is -0.143. The van der Waals surface area contributed by atoms with Crippen molar-refractivity contribution in [1.29, 1.82) is 0 Å². The van der Waals surface area contributed by atoms with Crippen LogP contribution in [0.15, 0.2) is 12.7 Å². The van der Waals surface area contributed by atoms with E-state index in [1.807, 2.05) is 48.5 Å². The van der Waals surface area contributed by atoms with E-state index < -0.39 is 5.97 Å². The van der Waals surface area contributed by atoms with Gasteiger partial charge >= 0.3 is 5.97 Å². The number of hydrogen-bond acceptors (Lipinski definition) is 9. The van der Waals surface area contributed by atoms with Crippen molar-refractivity contribution < 1.29 is 42.7 Å². The molecular weight excluding hydrogens is 444 g/mol. The van der Waals surface area contributed by atoms with Gasteiger partial charge in [-0.1, -0.05) is 6.58 Å². The summed E-state index contributed by atoms with van der Waals surface area (Å²) in [6.07, 6.45) is 0.666. The highest BCUT2D eigenvalue weighted by molar-refractivity contribution is 5.81. The summed E-state index contributed by atoms with van der Waals surface area (Å²) in [5.41, 5.74) is 0. The van der Waals surface area contributed by atoms with Gasteiger partial charge < -0.3 is 37.9 Å². The molecule has 0 heterocycles. The molecule has 0 aliphatic carbocycles. The van der Waals surface area contributed by atoms with Gasteiger partial charge in [0.2, 0.25) is 0 Å². The Morgan fingerprint density at radius 1 is 0.559 bits per heavy atom. The van der Waals surface area contributed by atoms with Crippen molar-refractivity contribution in [3.05, 3.63) is 12.7 Å². The molecule has 0 bridgehead atoms. The average molecular weight is 493 g/mol. The van der Waals surface area contributed by atoms with Gasteiger partial charge in [-0.25, -0.2) is 4.79 Å². The molecule has 7 unspecified atom stereocenters.